The first-order valence-corrected chi connectivity index (χ1v) is 8.15. The van der Waals surface area contributed by atoms with E-state index in [0.29, 0.717) is 36.9 Å². The quantitative estimate of drug-likeness (QED) is 0.744. The largest absolute Gasteiger partial charge is 0.397 e. The average molecular weight is 318 g/mol. The van der Waals surface area contributed by atoms with Crippen LogP contribution >= 0.6 is 0 Å². The van der Waals surface area contributed by atoms with Gasteiger partial charge in [-0.1, -0.05) is 26.0 Å². The van der Waals surface area contributed by atoms with E-state index in [2.05, 4.69) is 24.5 Å². The van der Waals surface area contributed by atoms with Gasteiger partial charge in [0.1, 0.15) is 0 Å². The van der Waals surface area contributed by atoms with E-state index in [9.17, 15) is 9.59 Å². The topological polar surface area (TPSA) is 87.5 Å². The monoisotopic (exact) mass is 318 g/mol. The summed E-state index contributed by atoms with van der Waals surface area (Å²) < 4.78 is 0. The van der Waals surface area contributed by atoms with Crippen LogP contribution in [0.25, 0.3) is 0 Å². The lowest BCUT2D eigenvalue weighted by Gasteiger charge is -2.32. The zero-order valence-electron chi connectivity index (χ0n) is 13.8. The molecule has 1 unspecified atom stereocenters. The van der Waals surface area contributed by atoms with Crippen molar-refractivity contribution in [3.05, 3.63) is 24.3 Å². The molecular weight excluding hydrogens is 292 g/mol. The third-order valence-electron chi connectivity index (χ3n) is 3.96. The molecule has 1 aliphatic heterocycles. The third kappa shape index (κ3) is 4.87. The molecule has 1 atom stereocenters. The van der Waals surface area contributed by atoms with Crippen LogP contribution in [0.1, 0.15) is 26.7 Å². The van der Waals surface area contributed by atoms with Crippen LogP contribution in [-0.2, 0) is 4.79 Å². The lowest BCUT2D eigenvalue weighted by molar-refractivity contribution is -0.121. The predicted molar refractivity (Wildman–Crippen MR) is 92.0 cm³/mol. The van der Waals surface area contributed by atoms with Gasteiger partial charge in [0, 0.05) is 19.6 Å². The van der Waals surface area contributed by atoms with Gasteiger partial charge in [0.2, 0.25) is 5.91 Å². The molecule has 0 saturated carbocycles. The minimum Gasteiger partial charge on any atom is -0.397 e. The average Bonchev–Trinajstić information content (AvgIpc) is 2.54. The number of hydrogen-bond donors (Lipinski definition) is 3. The lowest BCUT2D eigenvalue weighted by Crippen LogP contribution is -2.48. The van der Waals surface area contributed by atoms with Gasteiger partial charge in [-0.15, -0.1) is 0 Å². The third-order valence-corrected chi connectivity index (χ3v) is 3.96. The standard InChI is InChI=1S/C17H26N4O2/c1-12(2)10-19-17(23)21-9-5-6-13(11-21)16(22)20-15-8-4-3-7-14(15)18/h3-4,7-8,12-13H,5-6,9-11,18H2,1-2H3,(H,19,23)(H,20,22). The molecule has 3 amide bonds. The molecule has 23 heavy (non-hydrogen) atoms. The number of amides is 3. The zero-order chi connectivity index (χ0) is 16.8. The fraction of sp³-hybridized carbons (Fsp3) is 0.529. The molecule has 6 nitrogen and oxygen atoms in total. The molecule has 1 saturated heterocycles. The van der Waals surface area contributed by atoms with Gasteiger partial charge in [0.05, 0.1) is 17.3 Å². The Kier molecular flexibility index (Phi) is 5.84. The van der Waals surface area contributed by atoms with E-state index in [1.54, 1.807) is 17.0 Å². The van der Waals surface area contributed by atoms with Crippen LogP contribution < -0.4 is 16.4 Å². The summed E-state index contributed by atoms with van der Waals surface area (Å²) >= 11 is 0. The Labute approximate surface area is 137 Å². The fourth-order valence-electron chi connectivity index (χ4n) is 2.62. The fourth-order valence-corrected chi connectivity index (χ4v) is 2.62. The number of nitrogens with one attached hydrogen (secondary N) is 2. The first-order valence-electron chi connectivity index (χ1n) is 8.15. The van der Waals surface area contributed by atoms with E-state index in [4.69, 9.17) is 5.73 Å². The number of nitrogen functional groups attached to an aromatic ring is 1. The summed E-state index contributed by atoms with van der Waals surface area (Å²) in [4.78, 5) is 26.3. The number of anilines is 2. The number of piperidine rings is 1. The van der Waals surface area contributed by atoms with E-state index >= 15 is 0 Å². The Hall–Kier alpha value is -2.24. The van der Waals surface area contributed by atoms with E-state index in [-0.39, 0.29) is 17.9 Å². The van der Waals surface area contributed by atoms with Gasteiger partial charge in [0.25, 0.3) is 0 Å². The molecule has 1 aromatic carbocycles. The number of para-hydroxylation sites is 2. The van der Waals surface area contributed by atoms with Crippen molar-refractivity contribution in [1.29, 1.82) is 0 Å². The maximum Gasteiger partial charge on any atom is 0.317 e. The van der Waals surface area contributed by atoms with E-state index < -0.39 is 0 Å². The highest BCUT2D eigenvalue weighted by molar-refractivity contribution is 5.95. The van der Waals surface area contributed by atoms with Crippen molar-refractivity contribution in [3.8, 4) is 0 Å². The summed E-state index contributed by atoms with van der Waals surface area (Å²) in [7, 11) is 0. The number of rotatable bonds is 4. The van der Waals surface area contributed by atoms with Crippen molar-refractivity contribution in [1.82, 2.24) is 10.2 Å². The lowest BCUT2D eigenvalue weighted by atomic mass is 9.97. The van der Waals surface area contributed by atoms with Crippen molar-refractivity contribution in [3.63, 3.8) is 0 Å². The zero-order valence-corrected chi connectivity index (χ0v) is 13.8. The van der Waals surface area contributed by atoms with Gasteiger partial charge in [0.15, 0.2) is 0 Å². The maximum atomic E-state index is 12.4. The highest BCUT2D eigenvalue weighted by atomic mass is 16.2. The van der Waals surface area contributed by atoms with Crippen molar-refractivity contribution in [2.24, 2.45) is 11.8 Å². The number of urea groups is 1. The Morgan fingerprint density at radius 1 is 1.35 bits per heavy atom. The highest BCUT2D eigenvalue weighted by Crippen LogP contribution is 2.21. The number of hydrogen-bond acceptors (Lipinski definition) is 3. The van der Waals surface area contributed by atoms with Crippen LogP contribution in [0.15, 0.2) is 24.3 Å². The molecule has 6 heteroatoms. The molecule has 0 aromatic heterocycles. The van der Waals surface area contributed by atoms with E-state index in [1.807, 2.05) is 12.1 Å². The van der Waals surface area contributed by atoms with Gasteiger partial charge in [-0.2, -0.15) is 0 Å². The molecule has 2 rings (SSSR count). The minimum atomic E-state index is -0.201. The molecule has 4 N–H and O–H groups in total. The molecule has 0 bridgehead atoms. The SMILES string of the molecule is CC(C)CNC(=O)N1CCCC(C(=O)Nc2ccccc2N)C1. The molecule has 0 radical (unpaired) electrons. The maximum absolute atomic E-state index is 12.4. The Bertz CT molecular complexity index is 559. The first-order chi connectivity index (χ1) is 11.0. The number of likely N-dealkylation sites (tertiary alicyclic amines) is 1. The van der Waals surface area contributed by atoms with Gasteiger partial charge in [-0.05, 0) is 30.9 Å². The Balaban J connectivity index is 1.91. The highest BCUT2D eigenvalue weighted by Gasteiger charge is 2.28. The summed E-state index contributed by atoms with van der Waals surface area (Å²) in [6.07, 6.45) is 1.62. The second kappa shape index (κ2) is 7.85. The molecule has 1 fully saturated rings. The van der Waals surface area contributed by atoms with Crippen molar-refractivity contribution >= 4 is 23.3 Å². The number of nitrogens with zero attached hydrogens (tertiary/aromatic N) is 1. The van der Waals surface area contributed by atoms with Gasteiger partial charge < -0.3 is 21.3 Å². The number of benzene rings is 1. The van der Waals surface area contributed by atoms with Gasteiger partial charge in [-0.3, -0.25) is 4.79 Å². The number of nitrogens with two attached hydrogens (primary N) is 1. The van der Waals surface area contributed by atoms with Crippen molar-refractivity contribution < 1.29 is 9.59 Å². The van der Waals surface area contributed by atoms with Crippen LogP contribution in [0.3, 0.4) is 0 Å². The molecular formula is C17H26N4O2. The van der Waals surface area contributed by atoms with Crippen LogP contribution in [0.2, 0.25) is 0 Å². The van der Waals surface area contributed by atoms with Crippen LogP contribution in [-0.4, -0.2) is 36.5 Å². The summed E-state index contributed by atoms with van der Waals surface area (Å²) in [6, 6.07) is 7.10. The summed E-state index contributed by atoms with van der Waals surface area (Å²) in [5.74, 6) is 0.126. The smallest absolute Gasteiger partial charge is 0.317 e. The summed E-state index contributed by atoms with van der Waals surface area (Å²) in [5.41, 5.74) is 7.02. The van der Waals surface area contributed by atoms with Crippen LogP contribution in [0.4, 0.5) is 16.2 Å². The normalized spacial score (nSPS) is 17.9. The first kappa shape index (κ1) is 17.1. The Morgan fingerprint density at radius 2 is 2.09 bits per heavy atom. The van der Waals surface area contributed by atoms with Crippen LogP contribution in [0, 0.1) is 11.8 Å². The summed E-state index contributed by atoms with van der Waals surface area (Å²) in [6.45, 7) is 5.89. The van der Waals surface area contributed by atoms with Crippen LogP contribution in [0.5, 0.6) is 0 Å². The van der Waals surface area contributed by atoms with Gasteiger partial charge >= 0.3 is 6.03 Å². The van der Waals surface area contributed by atoms with E-state index in [0.717, 1.165) is 12.8 Å². The van der Waals surface area contributed by atoms with E-state index in [1.165, 1.54) is 0 Å². The molecule has 1 aliphatic rings. The second-order valence-corrected chi connectivity index (χ2v) is 6.44. The minimum absolute atomic E-state index is 0.0794. The molecule has 0 aliphatic carbocycles. The van der Waals surface area contributed by atoms with Crippen molar-refractivity contribution in [2.45, 2.75) is 26.7 Å². The molecule has 0 spiro atoms. The second-order valence-electron chi connectivity index (χ2n) is 6.44. The molecule has 1 heterocycles. The summed E-state index contributed by atoms with van der Waals surface area (Å²) in [5, 5.41) is 5.77. The number of carbonyl (C=O) groups is 2. The molecule has 1 aromatic rings. The Morgan fingerprint density at radius 3 is 2.78 bits per heavy atom. The van der Waals surface area contributed by atoms with Gasteiger partial charge in [-0.25, -0.2) is 4.79 Å². The predicted octanol–water partition coefficient (Wildman–Crippen LogP) is 2.28. The number of carbonyl (C=O) groups excluding carboxylic acids is 2. The van der Waals surface area contributed by atoms with Crippen molar-refractivity contribution in [2.75, 3.05) is 30.7 Å². The molecule has 126 valence electrons.